The van der Waals surface area contributed by atoms with Crippen LogP contribution in [0.25, 0.3) is 0 Å². The minimum atomic E-state index is 0.296. The molecule has 0 aromatic heterocycles. The molecule has 0 radical (unpaired) electrons. The van der Waals surface area contributed by atoms with Crippen LogP contribution in [0.2, 0.25) is 5.09 Å². The molecule has 0 heterocycles. The van der Waals surface area contributed by atoms with Crippen molar-refractivity contribution in [2.24, 2.45) is 10.4 Å². The SMILES string of the molecule is [Li][CH2]C(C)(C)C=NCCCCCC. The molecule has 0 aromatic carbocycles. The van der Waals surface area contributed by atoms with Gasteiger partial charge in [0.1, 0.15) is 0 Å². The number of nitrogens with zero attached hydrogens (tertiary/aromatic N) is 1. The fraction of sp³-hybridized carbons (Fsp3) is 0.909. The molecule has 0 bridgehead atoms. The van der Waals surface area contributed by atoms with Crippen molar-refractivity contribution in [3.05, 3.63) is 0 Å². The third kappa shape index (κ3) is 8.59. The van der Waals surface area contributed by atoms with E-state index in [-0.39, 0.29) is 0 Å². The van der Waals surface area contributed by atoms with E-state index in [1.165, 1.54) is 30.8 Å². The zero-order valence-corrected chi connectivity index (χ0v) is 9.77. The molecule has 0 unspecified atom stereocenters. The number of hydrogen-bond donors (Lipinski definition) is 0. The van der Waals surface area contributed by atoms with E-state index in [0.29, 0.717) is 5.41 Å². The van der Waals surface area contributed by atoms with E-state index < -0.39 is 0 Å². The average molecular weight is 175 g/mol. The molecule has 0 amide bonds. The predicted octanol–water partition coefficient (Wildman–Crippen LogP) is 3.25. The molecule has 2 heteroatoms. The van der Waals surface area contributed by atoms with Crippen LogP contribution in [0.15, 0.2) is 4.99 Å². The quantitative estimate of drug-likeness (QED) is 0.320. The van der Waals surface area contributed by atoms with Crippen LogP contribution >= 0.6 is 0 Å². The van der Waals surface area contributed by atoms with Gasteiger partial charge in [0.25, 0.3) is 0 Å². The van der Waals surface area contributed by atoms with Gasteiger partial charge in [0, 0.05) is 0 Å². The van der Waals surface area contributed by atoms with Crippen LogP contribution in [-0.2, 0) is 0 Å². The standard InChI is InChI=1S/C11H22N.Li/c1-5-6-7-8-9-12-10-11(2,3)4;/h10H,2,5-9H2,1,3-4H3;. The summed E-state index contributed by atoms with van der Waals surface area (Å²) < 4.78 is 0. The minimum absolute atomic E-state index is 0.296. The molecule has 13 heavy (non-hydrogen) atoms. The van der Waals surface area contributed by atoms with E-state index in [9.17, 15) is 0 Å². The van der Waals surface area contributed by atoms with Gasteiger partial charge < -0.3 is 0 Å². The van der Waals surface area contributed by atoms with Gasteiger partial charge in [-0.1, -0.05) is 0 Å². The zero-order chi connectivity index (χ0) is 10.2. The van der Waals surface area contributed by atoms with Crippen LogP contribution in [0, 0.1) is 5.41 Å². The van der Waals surface area contributed by atoms with Crippen molar-refractivity contribution in [1.82, 2.24) is 0 Å². The Morgan fingerprint density at radius 3 is 2.46 bits per heavy atom. The van der Waals surface area contributed by atoms with E-state index in [1.54, 1.807) is 0 Å². The van der Waals surface area contributed by atoms with Crippen molar-refractivity contribution >= 4 is 23.9 Å². The van der Waals surface area contributed by atoms with E-state index in [4.69, 9.17) is 0 Å². The maximum absolute atomic E-state index is 4.46. The third-order valence-corrected chi connectivity index (χ3v) is 2.49. The zero-order valence-electron chi connectivity index (χ0n) is 9.77. The fourth-order valence-corrected chi connectivity index (χ4v) is 1.03. The van der Waals surface area contributed by atoms with Crippen LogP contribution in [0.1, 0.15) is 46.5 Å². The van der Waals surface area contributed by atoms with Crippen LogP contribution in [0.5, 0.6) is 0 Å². The van der Waals surface area contributed by atoms with Gasteiger partial charge in [0.2, 0.25) is 0 Å². The number of aliphatic imine (C=N–C) groups is 1. The van der Waals surface area contributed by atoms with Gasteiger partial charge in [0.05, 0.1) is 0 Å². The Kier molecular flexibility index (Phi) is 7.81. The number of unbranched alkanes of at least 4 members (excludes halogenated alkanes) is 3. The molecule has 72 valence electrons. The number of rotatable bonds is 7. The fourth-order valence-electron chi connectivity index (χ4n) is 1.03. The molecule has 0 aliphatic carbocycles. The van der Waals surface area contributed by atoms with E-state index in [2.05, 4.69) is 49.7 Å². The van der Waals surface area contributed by atoms with Crippen molar-refractivity contribution < 1.29 is 0 Å². The Balaban J connectivity index is 3.41. The van der Waals surface area contributed by atoms with Crippen molar-refractivity contribution in [3.63, 3.8) is 0 Å². The Labute approximate surface area is 92.6 Å². The second-order valence-electron chi connectivity index (χ2n) is 4.44. The maximum atomic E-state index is 4.46. The molecule has 1 nitrogen and oxygen atoms in total. The van der Waals surface area contributed by atoms with Gasteiger partial charge in [-0.05, 0) is 0 Å². The first-order chi connectivity index (χ1) is 6.12. The van der Waals surface area contributed by atoms with Crippen molar-refractivity contribution in [3.8, 4) is 0 Å². The molecule has 0 atom stereocenters. The molecule has 0 aromatic rings. The Bertz CT molecular complexity index is 141. The Hall–Kier alpha value is 0.267. The van der Waals surface area contributed by atoms with Crippen LogP contribution in [-0.4, -0.2) is 30.5 Å². The average Bonchev–Trinajstić information content (AvgIpc) is 2.11. The molecule has 0 saturated carbocycles. The molecule has 0 aliphatic heterocycles. The summed E-state index contributed by atoms with van der Waals surface area (Å²) in [5, 5.41) is 1.17. The van der Waals surface area contributed by atoms with Crippen molar-refractivity contribution in [1.29, 1.82) is 0 Å². The third-order valence-electron chi connectivity index (χ3n) is 2.49. The molecule has 0 fully saturated rings. The predicted molar refractivity (Wildman–Crippen MR) is 61.8 cm³/mol. The monoisotopic (exact) mass is 175 g/mol. The van der Waals surface area contributed by atoms with E-state index >= 15 is 0 Å². The molecule has 0 saturated heterocycles. The summed E-state index contributed by atoms with van der Waals surface area (Å²) in [5.41, 5.74) is 0.296. The van der Waals surface area contributed by atoms with Crippen molar-refractivity contribution in [2.45, 2.75) is 51.5 Å². The van der Waals surface area contributed by atoms with E-state index in [0.717, 1.165) is 6.54 Å². The van der Waals surface area contributed by atoms with Crippen LogP contribution < -0.4 is 0 Å². The summed E-state index contributed by atoms with van der Waals surface area (Å²) >= 11 is 2.21. The second kappa shape index (κ2) is 7.65. The van der Waals surface area contributed by atoms with Gasteiger partial charge in [-0.25, -0.2) is 0 Å². The van der Waals surface area contributed by atoms with Gasteiger partial charge in [-0.2, -0.15) is 0 Å². The Morgan fingerprint density at radius 2 is 1.92 bits per heavy atom. The first-order valence-electron chi connectivity index (χ1n) is 5.63. The van der Waals surface area contributed by atoms with Crippen molar-refractivity contribution in [2.75, 3.05) is 6.54 Å². The molecular weight excluding hydrogens is 153 g/mol. The summed E-state index contributed by atoms with van der Waals surface area (Å²) in [5.74, 6) is 0. The summed E-state index contributed by atoms with van der Waals surface area (Å²) in [7, 11) is 0. The molecule has 0 spiro atoms. The molecule has 0 aliphatic rings. The van der Waals surface area contributed by atoms with Gasteiger partial charge >= 0.3 is 92.4 Å². The molecule has 0 N–H and O–H groups in total. The first-order valence-corrected chi connectivity index (χ1v) is 5.63. The first kappa shape index (κ1) is 13.3. The summed E-state index contributed by atoms with van der Waals surface area (Å²) in [6.07, 6.45) is 7.38. The van der Waals surface area contributed by atoms with Gasteiger partial charge in [0.15, 0.2) is 0 Å². The van der Waals surface area contributed by atoms with E-state index in [1.807, 2.05) is 0 Å². The van der Waals surface area contributed by atoms with Crippen LogP contribution in [0.4, 0.5) is 0 Å². The summed E-state index contributed by atoms with van der Waals surface area (Å²) in [4.78, 5) is 4.46. The molecule has 0 rings (SSSR count). The van der Waals surface area contributed by atoms with Gasteiger partial charge in [-0.15, -0.1) is 0 Å². The second-order valence-corrected chi connectivity index (χ2v) is 4.44. The Morgan fingerprint density at radius 1 is 1.23 bits per heavy atom. The van der Waals surface area contributed by atoms with Crippen LogP contribution in [0.3, 0.4) is 0 Å². The van der Waals surface area contributed by atoms with Gasteiger partial charge in [-0.3, -0.25) is 0 Å². The normalized spacial score (nSPS) is 12.7. The summed E-state index contributed by atoms with van der Waals surface area (Å²) in [6, 6.07) is 0. The number of hydrogen-bond acceptors (Lipinski definition) is 1. The topological polar surface area (TPSA) is 12.4 Å². The summed E-state index contributed by atoms with van der Waals surface area (Å²) in [6.45, 7) is 7.73. The molecular formula is C11H22LiN.